The molecule has 0 atom stereocenters. The van der Waals surface area contributed by atoms with Crippen molar-refractivity contribution >= 4 is 11.6 Å². The van der Waals surface area contributed by atoms with Crippen LogP contribution in [0.25, 0.3) is 0 Å². The molecule has 0 aliphatic heterocycles. The van der Waals surface area contributed by atoms with Crippen molar-refractivity contribution in [3.8, 4) is 0 Å². The first-order valence-corrected chi connectivity index (χ1v) is 5.74. The smallest absolute Gasteiger partial charge is 0.227 e. The van der Waals surface area contributed by atoms with E-state index in [0.29, 0.717) is 11.3 Å². The van der Waals surface area contributed by atoms with Gasteiger partial charge < -0.3 is 5.32 Å². The Hall–Kier alpha value is -1.38. The number of nitrogens with one attached hydrogen (secondary N) is 1. The lowest BCUT2D eigenvalue weighted by Gasteiger charge is -2.10. The van der Waals surface area contributed by atoms with Crippen LogP contribution in [0.1, 0.15) is 31.2 Å². The number of halogens is 1. The van der Waals surface area contributed by atoms with Crippen LogP contribution in [-0.2, 0) is 4.79 Å². The summed E-state index contributed by atoms with van der Waals surface area (Å²) in [5, 5.41) is 2.77. The third-order valence-electron chi connectivity index (χ3n) is 3.17. The van der Waals surface area contributed by atoms with E-state index in [2.05, 4.69) is 5.32 Å². The number of benzene rings is 1. The Bertz CT molecular complexity index is 397. The van der Waals surface area contributed by atoms with E-state index in [9.17, 15) is 9.18 Å². The molecule has 1 aliphatic carbocycles. The first-order valence-electron chi connectivity index (χ1n) is 5.74. The number of carbonyl (C=O) groups excluding carboxylic acids is 1. The molecule has 1 N–H and O–H groups in total. The highest BCUT2D eigenvalue weighted by Crippen LogP contribution is 2.26. The van der Waals surface area contributed by atoms with Crippen LogP contribution in [-0.4, -0.2) is 5.91 Å². The number of hydrogen-bond acceptors (Lipinski definition) is 1. The molecule has 1 aromatic carbocycles. The Kier molecular flexibility index (Phi) is 3.22. The van der Waals surface area contributed by atoms with Gasteiger partial charge in [-0.05, 0) is 37.5 Å². The number of carbonyl (C=O) groups is 1. The van der Waals surface area contributed by atoms with E-state index in [1.165, 1.54) is 6.07 Å². The zero-order valence-electron chi connectivity index (χ0n) is 9.42. The molecule has 0 aromatic heterocycles. The predicted molar refractivity (Wildman–Crippen MR) is 61.7 cm³/mol. The molecular weight excluding hydrogens is 205 g/mol. The summed E-state index contributed by atoms with van der Waals surface area (Å²) in [6, 6.07) is 4.80. The van der Waals surface area contributed by atoms with Gasteiger partial charge in [-0.2, -0.15) is 0 Å². The van der Waals surface area contributed by atoms with Crippen LogP contribution in [0.2, 0.25) is 0 Å². The van der Waals surface area contributed by atoms with Crippen molar-refractivity contribution in [2.24, 2.45) is 5.92 Å². The quantitative estimate of drug-likeness (QED) is 0.816. The molecule has 86 valence electrons. The lowest BCUT2D eigenvalue weighted by molar-refractivity contribution is -0.119. The number of hydrogen-bond donors (Lipinski definition) is 1. The van der Waals surface area contributed by atoms with E-state index in [-0.39, 0.29) is 17.6 Å². The molecule has 16 heavy (non-hydrogen) atoms. The van der Waals surface area contributed by atoms with Crippen molar-refractivity contribution in [2.45, 2.75) is 32.6 Å². The third-order valence-corrected chi connectivity index (χ3v) is 3.17. The zero-order valence-corrected chi connectivity index (χ0v) is 9.42. The summed E-state index contributed by atoms with van der Waals surface area (Å²) in [7, 11) is 0. The molecule has 0 spiro atoms. The lowest BCUT2D eigenvalue weighted by Crippen LogP contribution is -2.20. The summed E-state index contributed by atoms with van der Waals surface area (Å²) in [6.07, 6.45) is 4.17. The highest BCUT2D eigenvalue weighted by atomic mass is 19.1. The van der Waals surface area contributed by atoms with Gasteiger partial charge >= 0.3 is 0 Å². The van der Waals surface area contributed by atoms with E-state index in [1.54, 1.807) is 19.1 Å². The standard InChI is InChI=1S/C13H16FNO/c1-9-6-7-11(8-12(9)14)15-13(16)10-4-2-3-5-10/h6-8,10H,2-5H2,1H3,(H,15,16). The van der Waals surface area contributed by atoms with Crippen molar-refractivity contribution in [3.63, 3.8) is 0 Å². The van der Waals surface area contributed by atoms with E-state index in [0.717, 1.165) is 25.7 Å². The van der Waals surface area contributed by atoms with Gasteiger partial charge in [-0.1, -0.05) is 18.9 Å². The van der Waals surface area contributed by atoms with Crippen molar-refractivity contribution in [3.05, 3.63) is 29.6 Å². The van der Waals surface area contributed by atoms with Gasteiger partial charge in [0.15, 0.2) is 0 Å². The monoisotopic (exact) mass is 221 g/mol. The van der Waals surface area contributed by atoms with Gasteiger partial charge in [0.2, 0.25) is 5.91 Å². The maximum absolute atomic E-state index is 13.3. The normalized spacial score (nSPS) is 16.4. The van der Waals surface area contributed by atoms with Crippen LogP contribution in [0.4, 0.5) is 10.1 Å². The molecule has 0 heterocycles. The molecule has 1 fully saturated rings. The summed E-state index contributed by atoms with van der Waals surface area (Å²) >= 11 is 0. The van der Waals surface area contributed by atoms with Gasteiger partial charge in [0, 0.05) is 11.6 Å². The molecule has 0 saturated heterocycles. The van der Waals surface area contributed by atoms with Gasteiger partial charge in [0.1, 0.15) is 5.82 Å². The summed E-state index contributed by atoms with van der Waals surface area (Å²) in [5.74, 6) is -0.130. The van der Waals surface area contributed by atoms with Crippen LogP contribution in [0.3, 0.4) is 0 Å². The van der Waals surface area contributed by atoms with E-state index < -0.39 is 0 Å². The highest BCUT2D eigenvalue weighted by molar-refractivity contribution is 5.92. The van der Waals surface area contributed by atoms with Crippen LogP contribution in [0.5, 0.6) is 0 Å². The Morgan fingerprint density at radius 2 is 2.06 bits per heavy atom. The van der Waals surface area contributed by atoms with Crippen LogP contribution >= 0.6 is 0 Å². The Morgan fingerprint density at radius 1 is 1.38 bits per heavy atom. The molecule has 1 aromatic rings. The summed E-state index contributed by atoms with van der Waals surface area (Å²) in [6.45, 7) is 1.71. The first-order chi connectivity index (χ1) is 7.66. The Balaban J connectivity index is 2.02. The van der Waals surface area contributed by atoms with Crippen LogP contribution in [0.15, 0.2) is 18.2 Å². The van der Waals surface area contributed by atoms with E-state index in [4.69, 9.17) is 0 Å². The minimum atomic E-state index is -0.274. The summed E-state index contributed by atoms with van der Waals surface area (Å²) < 4.78 is 13.3. The fraction of sp³-hybridized carbons (Fsp3) is 0.462. The highest BCUT2D eigenvalue weighted by Gasteiger charge is 2.22. The van der Waals surface area contributed by atoms with Gasteiger partial charge in [0.25, 0.3) is 0 Å². The number of anilines is 1. The second-order valence-corrected chi connectivity index (χ2v) is 4.43. The second-order valence-electron chi connectivity index (χ2n) is 4.43. The predicted octanol–water partition coefficient (Wildman–Crippen LogP) is 3.26. The Morgan fingerprint density at radius 3 is 2.69 bits per heavy atom. The SMILES string of the molecule is Cc1ccc(NC(=O)C2CCCC2)cc1F. The molecule has 0 bridgehead atoms. The fourth-order valence-electron chi connectivity index (χ4n) is 2.10. The number of aryl methyl sites for hydroxylation is 1. The average molecular weight is 221 g/mol. The van der Waals surface area contributed by atoms with Crippen molar-refractivity contribution < 1.29 is 9.18 Å². The molecule has 0 radical (unpaired) electrons. The van der Waals surface area contributed by atoms with Crippen molar-refractivity contribution in [1.29, 1.82) is 0 Å². The van der Waals surface area contributed by atoms with Crippen LogP contribution < -0.4 is 5.32 Å². The molecular formula is C13H16FNO. The maximum atomic E-state index is 13.3. The van der Waals surface area contributed by atoms with Gasteiger partial charge in [0.05, 0.1) is 0 Å². The van der Waals surface area contributed by atoms with E-state index >= 15 is 0 Å². The molecule has 3 heteroatoms. The molecule has 1 saturated carbocycles. The fourth-order valence-corrected chi connectivity index (χ4v) is 2.10. The average Bonchev–Trinajstić information content (AvgIpc) is 2.77. The zero-order chi connectivity index (χ0) is 11.5. The molecule has 0 unspecified atom stereocenters. The van der Waals surface area contributed by atoms with Crippen molar-refractivity contribution in [2.75, 3.05) is 5.32 Å². The molecule has 2 nitrogen and oxygen atoms in total. The van der Waals surface area contributed by atoms with Crippen LogP contribution in [0, 0.1) is 18.7 Å². The van der Waals surface area contributed by atoms with Gasteiger partial charge in [-0.25, -0.2) is 4.39 Å². The lowest BCUT2D eigenvalue weighted by atomic mass is 10.1. The summed E-state index contributed by atoms with van der Waals surface area (Å²) in [5.41, 5.74) is 1.15. The molecule has 1 aliphatic rings. The maximum Gasteiger partial charge on any atom is 0.227 e. The minimum Gasteiger partial charge on any atom is -0.326 e. The molecule has 1 amide bonds. The number of rotatable bonds is 2. The third kappa shape index (κ3) is 2.40. The van der Waals surface area contributed by atoms with E-state index in [1.807, 2.05) is 0 Å². The number of amides is 1. The first kappa shape index (κ1) is 11.1. The van der Waals surface area contributed by atoms with Gasteiger partial charge in [-0.15, -0.1) is 0 Å². The van der Waals surface area contributed by atoms with Gasteiger partial charge in [-0.3, -0.25) is 4.79 Å². The Labute approximate surface area is 94.9 Å². The second kappa shape index (κ2) is 4.64. The molecule has 2 rings (SSSR count). The minimum absolute atomic E-state index is 0.0285. The summed E-state index contributed by atoms with van der Waals surface area (Å²) in [4.78, 5) is 11.8. The topological polar surface area (TPSA) is 29.1 Å². The largest absolute Gasteiger partial charge is 0.326 e. The van der Waals surface area contributed by atoms with Crippen molar-refractivity contribution in [1.82, 2.24) is 0 Å².